The van der Waals surface area contributed by atoms with E-state index in [1.54, 1.807) is 26.2 Å². The average molecular weight is 431 g/mol. The standard InChI is InChI=1S/C22H24ClFN4O2/c1-21(20(25)30)7-8-22(10-21)11-27-18-15(22)16(23)14(9-26-18)12-5-4-6-13(17(12)24)19(29)28(2)3/h4-6,9H,7-8,10-11H2,1-3H3,(H2,25,30)(H,26,27)/t21-,22+/m1/s1. The lowest BCUT2D eigenvalue weighted by Crippen LogP contribution is -2.35. The zero-order valence-electron chi connectivity index (χ0n) is 17.2. The average Bonchev–Trinajstić information content (AvgIpc) is 3.24. The van der Waals surface area contributed by atoms with Crippen LogP contribution in [0.1, 0.15) is 42.1 Å². The van der Waals surface area contributed by atoms with Crippen LogP contribution in [0.3, 0.4) is 0 Å². The van der Waals surface area contributed by atoms with E-state index in [-0.39, 0.29) is 22.4 Å². The first-order valence-electron chi connectivity index (χ1n) is 9.83. The van der Waals surface area contributed by atoms with Crippen molar-refractivity contribution in [2.45, 2.75) is 31.6 Å². The minimum absolute atomic E-state index is 0.0240. The number of carbonyl (C=O) groups excluding carboxylic acids is 2. The molecule has 1 aliphatic heterocycles. The van der Waals surface area contributed by atoms with Crippen molar-refractivity contribution in [3.63, 3.8) is 0 Å². The van der Waals surface area contributed by atoms with Gasteiger partial charge >= 0.3 is 0 Å². The summed E-state index contributed by atoms with van der Waals surface area (Å²) in [6.45, 7) is 2.48. The first kappa shape index (κ1) is 20.6. The van der Waals surface area contributed by atoms with Gasteiger partial charge in [-0.1, -0.05) is 30.7 Å². The van der Waals surface area contributed by atoms with Crippen LogP contribution in [0.15, 0.2) is 24.4 Å². The second-order valence-electron chi connectivity index (χ2n) is 8.81. The molecule has 0 radical (unpaired) electrons. The van der Waals surface area contributed by atoms with Crippen molar-refractivity contribution in [3.05, 3.63) is 46.4 Å². The Kier molecular flexibility index (Phi) is 4.77. The number of anilines is 1. The quantitative estimate of drug-likeness (QED) is 0.778. The van der Waals surface area contributed by atoms with E-state index >= 15 is 4.39 Å². The van der Waals surface area contributed by atoms with Crippen molar-refractivity contribution in [3.8, 4) is 11.1 Å². The van der Waals surface area contributed by atoms with Crippen molar-refractivity contribution in [2.24, 2.45) is 11.1 Å². The molecule has 1 saturated carbocycles. The van der Waals surface area contributed by atoms with E-state index in [0.717, 1.165) is 12.0 Å². The number of benzene rings is 1. The Morgan fingerprint density at radius 2 is 2.00 bits per heavy atom. The molecule has 1 aliphatic carbocycles. The van der Waals surface area contributed by atoms with Crippen LogP contribution in [0.4, 0.5) is 10.2 Å². The van der Waals surface area contributed by atoms with Crippen LogP contribution in [0.2, 0.25) is 5.02 Å². The lowest BCUT2D eigenvalue weighted by Gasteiger charge is -2.27. The summed E-state index contributed by atoms with van der Waals surface area (Å²) in [6.07, 6.45) is 3.48. The van der Waals surface area contributed by atoms with E-state index in [1.807, 2.05) is 6.92 Å². The maximum absolute atomic E-state index is 15.3. The monoisotopic (exact) mass is 430 g/mol. The number of rotatable bonds is 3. The van der Waals surface area contributed by atoms with Crippen molar-refractivity contribution in [1.82, 2.24) is 9.88 Å². The van der Waals surface area contributed by atoms with Crippen LogP contribution in [-0.2, 0) is 10.2 Å². The molecule has 2 aromatic rings. The van der Waals surface area contributed by atoms with Gasteiger partial charge in [-0.25, -0.2) is 9.37 Å². The molecular formula is C22H24ClFN4O2. The molecule has 0 saturated heterocycles. The molecule has 2 atom stereocenters. The van der Waals surface area contributed by atoms with Gasteiger partial charge in [-0.05, 0) is 25.3 Å². The van der Waals surface area contributed by atoms with Crippen molar-refractivity contribution < 1.29 is 14.0 Å². The van der Waals surface area contributed by atoms with Crippen LogP contribution < -0.4 is 11.1 Å². The normalized spacial score (nSPS) is 24.6. The Balaban J connectivity index is 1.83. The lowest BCUT2D eigenvalue weighted by atomic mass is 9.76. The number of hydrogen-bond donors (Lipinski definition) is 2. The largest absolute Gasteiger partial charge is 0.369 e. The Bertz CT molecular complexity index is 1070. The summed E-state index contributed by atoms with van der Waals surface area (Å²) in [5.41, 5.74) is 6.08. The second kappa shape index (κ2) is 6.94. The fourth-order valence-electron chi connectivity index (χ4n) is 4.80. The molecule has 1 aromatic carbocycles. The number of nitrogens with one attached hydrogen (secondary N) is 1. The van der Waals surface area contributed by atoms with Gasteiger partial charge in [0, 0.05) is 54.4 Å². The van der Waals surface area contributed by atoms with Crippen molar-refractivity contribution in [2.75, 3.05) is 26.0 Å². The van der Waals surface area contributed by atoms with Gasteiger partial charge < -0.3 is 16.0 Å². The molecule has 8 heteroatoms. The fraction of sp³-hybridized carbons (Fsp3) is 0.409. The second-order valence-corrected chi connectivity index (χ2v) is 9.19. The highest BCUT2D eigenvalue weighted by Gasteiger charge is 2.53. The predicted molar refractivity (Wildman–Crippen MR) is 114 cm³/mol. The predicted octanol–water partition coefficient (Wildman–Crippen LogP) is 3.58. The minimum atomic E-state index is -0.631. The van der Waals surface area contributed by atoms with Gasteiger partial charge in [-0.15, -0.1) is 0 Å². The molecular weight excluding hydrogens is 407 g/mol. The SMILES string of the molecule is CN(C)C(=O)c1cccc(-c2cnc3c(c2Cl)[C@]2(CC[C@@](C)(C(N)=O)C2)CN3)c1F. The molecule has 158 valence electrons. The van der Waals surface area contributed by atoms with Gasteiger partial charge in [-0.3, -0.25) is 9.59 Å². The van der Waals surface area contributed by atoms with Crippen LogP contribution in [0, 0.1) is 11.2 Å². The maximum Gasteiger partial charge on any atom is 0.256 e. The number of nitrogens with two attached hydrogens (primary N) is 1. The van der Waals surface area contributed by atoms with Gasteiger partial charge in [0.1, 0.15) is 11.6 Å². The molecule has 0 bridgehead atoms. The third-order valence-corrected chi connectivity index (χ3v) is 6.94. The van der Waals surface area contributed by atoms with Gasteiger partial charge in [0.2, 0.25) is 5.91 Å². The molecule has 3 N–H and O–H groups in total. The molecule has 2 amide bonds. The van der Waals surface area contributed by atoms with E-state index in [2.05, 4.69) is 10.3 Å². The summed E-state index contributed by atoms with van der Waals surface area (Å²) in [7, 11) is 3.15. The van der Waals surface area contributed by atoms with Crippen molar-refractivity contribution in [1.29, 1.82) is 0 Å². The molecule has 2 aliphatic rings. The Morgan fingerprint density at radius 1 is 1.27 bits per heavy atom. The number of amides is 2. The Hall–Kier alpha value is -2.67. The van der Waals surface area contributed by atoms with E-state index in [1.165, 1.54) is 17.2 Å². The summed E-state index contributed by atoms with van der Waals surface area (Å²) < 4.78 is 15.3. The summed E-state index contributed by atoms with van der Waals surface area (Å²) in [6, 6.07) is 4.68. The number of fused-ring (bicyclic) bond motifs is 2. The number of nitrogens with zero attached hydrogens (tertiary/aromatic N) is 2. The number of hydrogen-bond acceptors (Lipinski definition) is 4. The molecule has 0 unspecified atom stereocenters. The molecule has 6 nitrogen and oxygen atoms in total. The fourth-order valence-corrected chi connectivity index (χ4v) is 5.24. The highest BCUT2D eigenvalue weighted by atomic mass is 35.5. The van der Waals surface area contributed by atoms with E-state index in [4.69, 9.17) is 17.3 Å². The smallest absolute Gasteiger partial charge is 0.256 e. The topological polar surface area (TPSA) is 88.3 Å². The zero-order chi connectivity index (χ0) is 21.8. The third kappa shape index (κ3) is 2.95. The summed E-state index contributed by atoms with van der Waals surface area (Å²) in [5, 5.41) is 3.68. The van der Waals surface area contributed by atoms with Gasteiger partial charge in [0.25, 0.3) is 5.91 Å². The number of pyridine rings is 1. The number of aromatic nitrogens is 1. The van der Waals surface area contributed by atoms with E-state index in [0.29, 0.717) is 35.8 Å². The van der Waals surface area contributed by atoms with Gasteiger partial charge in [-0.2, -0.15) is 0 Å². The minimum Gasteiger partial charge on any atom is -0.369 e. The van der Waals surface area contributed by atoms with Gasteiger partial charge in [0.05, 0.1) is 10.6 Å². The van der Waals surface area contributed by atoms with Crippen LogP contribution in [0.5, 0.6) is 0 Å². The highest BCUT2D eigenvalue weighted by molar-refractivity contribution is 6.34. The van der Waals surface area contributed by atoms with E-state index < -0.39 is 17.1 Å². The summed E-state index contributed by atoms with van der Waals surface area (Å²) in [5.74, 6) is -0.730. The first-order chi connectivity index (χ1) is 14.1. The number of primary amides is 1. The summed E-state index contributed by atoms with van der Waals surface area (Å²) >= 11 is 6.84. The molecule has 1 fully saturated rings. The number of carbonyl (C=O) groups is 2. The molecule has 4 rings (SSSR count). The van der Waals surface area contributed by atoms with Crippen molar-refractivity contribution >= 4 is 29.2 Å². The highest BCUT2D eigenvalue weighted by Crippen LogP contribution is 2.57. The molecule has 2 heterocycles. The van der Waals surface area contributed by atoms with Crippen LogP contribution in [0.25, 0.3) is 11.1 Å². The number of halogens is 2. The zero-order valence-corrected chi connectivity index (χ0v) is 17.9. The van der Waals surface area contributed by atoms with Gasteiger partial charge in [0.15, 0.2) is 0 Å². The van der Waals surface area contributed by atoms with Crippen LogP contribution in [-0.4, -0.2) is 42.3 Å². The third-order valence-electron chi connectivity index (χ3n) is 6.54. The lowest BCUT2D eigenvalue weighted by molar-refractivity contribution is -0.126. The van der Waals surface area contributed by atoms with E-state index in [9.17, 15) is 9.59 Å². The molecule has 1 spiro atoms. The summed E-state index contributed by atoms with van der Waals surface area (Å²) in [4.78, 5) is 30.2. The Labute approximate surface area is 179 Å². The first-order valence-corrected chi connectivity index (χ1v) is 10.2. The molecule has 1 aromatic heterocycles. The van der Waals surface area contributed by atoms with Crippen LogP contribution >= 0.6 is 11.6 Å². The molecule has 30 heavy (non-hydrogen) atoms. The Morgan fingerprint density at radius 3 is 2.63 bits per heavy atom. The maximum atomic E-state index is 15.3.